The Labute approximate surface area is 45.4 Å². The lowest BCUT2D eigenvalue weighted by Gasteiger charge is -2.40. The predicted octanol–water partition coefficient (Wildman–Crippen LogP) is 1.42. The lowest BCUT2D eigenvalue weighted by molar-refractivity contribution is 2.02. The van der Waals surface area contributed by atoms with Crippen LogP contribution in [-0.4, -0.2) is 25.0 Å². The SMILES string of the molecule is C[SH](C)(C)(C)S. The molecule has 0 saturated heterocycles. The summed E-state index contributed by atoms with van der Waals surface area (Å²) in [6.45, 7) is 0. The van der Waals surface area contributed by atoms with Crippen LogP contribution in [0.25, 0.3) is 0 Å². The fourth-order valence-electron chi connectivity index (χ4n) is 0. The summed E-state index contributed by atoms with van der Waals surface area (Å²) in [4.78, 5) is 0. The van der Waals surface area contributed by atoms with Gasteiger partial charge < -0.3 is 0 Å². The van der Waals surface area contributed by atoms with Crippen LogP contribution in [-0.2, 0) is 0 Å². The number of hydrogen-bond donors (Lipinski definition) is 2. The van der Waals surface area contributed by atoms with E-state index in [-0.39, 0.29) is 0 Å². The standard InChI is InChI=1S/C4H14S2/c1-6(2,3,4)5/h5-6H,1-4H3. The van der Waals surface area contributed by atoms with Gasteiger partial charge in [0.05, 0.1) is 0 Å². The molecule has 0 aromatic heterocycles. The van der Waals surface area contributed by atoms with Crippen molar-refractivity contribution in [1.29, 1.82) is 0 Å². The third-order valence-corrected chi connectivity index (χ3v) is 0. The highest BCUT2D eigenvalue weighted by Crippen LogP contribution is 2.59. The van der Waals surface area contributed by atoms with Gasteiger partial charge in [-0.25, -0.2) is 0 Å². The van der Waals surface area contributed by atoms with Crippen molar-refractivity contribution in [2.75, 3.05) is 25.0 Å². The average Bonchev–Trinajstić information content (AvgIpc) is 0.650. The normalized spacial score (nSPS) is 19.2. The maximum Gasteiger partial charge on any atom is -0.0412 e. The van der Waals surface area contributed by atoms with E-state index in [0.29, 0.717) is 0 Å². The van der Waals surface area contributed by atoms with Crippen molar-refractivity contribution < 1.29 is 0 Å². The maximum absolute atomic E-state index is 4.41. The van der Waals surface area contributed by atoms with Gasteiger partial charge in [-0.15, -0.1) is 11.7 Å². The van der Waals surface area contributed by atoms with Gasteiger partial charge in [-0.1, -0.05) is 0 Å². The van der Waals surface area contributed by atoms with E-state index in [1.54, 1.807) is 0 Å². The van der Waals surface area contributed by atoms with Crippen LogP contribution in [0.5, 0.6) is 0 Å². The van der Waals surface area contributed by atoms with Crippen molar-refractivity contribution in [2.24, 2.45) is 0 Å². The molecule has 0 rings (SSSR count). The Hall–Kier alpha value is 0.700. The molecule has 0 aromatic rings. The third kappa shape index (κ3) is 131. The van der Waals surface area contributed by atoms with E-state index in [2.05, 4.69) is 36.7 Å². The van der Waals surface area contributed by atoms with Crippen LogP contribution < -0.4 is 0 Å². The number of hydrogen-bond acceptors (Lipinski definition) is 1. The topological polar surface area (TPSA) is 0 Å². The zero-order valence-corrected chi connectivity index (χ0v) is 6.68. The number of thiol groups is 2. The van der Waals surface area contributed by atoms with E-state index in [1.165, 1.54) is 0 Å². The summed E-state index contributed by atoms with van der Waals surface area (Å²) in [6, 6.07) is 0. The highest BCUT2D eigenvalue weighted by molar-refractivity contribution is 8.96. The summed E-state index contributed by atoms with van der Waals surface area (Å²) in [5.74, 6) is 0. The Bertz CT molecular complexity index is 38.7. The van der Waals surface area contributed by atoms with E-state index >= 15 is 0 Å². The van der Waals surface area contributed by atoms with E-state index in [4.69, 9.17) is 0 Å². The molecule has 0 heterocycles. The fourth-order valence-corrected chi connectivity index (χ4v) is 0. The lowest BCUT2D eigenvalue weighted by Crippen LogP contribution is -1.98. The van der Waals surface area contributed by atoms with Gasteiger partial charge in [0.2, 0.25) is 0 Å². The highest BCUT2D eigenvalue weighted by Gasteiger charge is 2.08. The summed E-state index contributed by atoms with van der Waals surface area (Å²) in [7, 11) is -1.36. The summed E-state index contributed by atoms with van der Waals surface area (Å²) in [5.41, 5.74) is 0. The zero-order chi connectivity index (χ0) is 5.45. The first-order chi connectivity index (χ1) is 2.24. The second-order valence-corrected chi connectivity index (χ2v) is 15.2. The molecule has 0 N–H and O–H groups in total. The minimum absolute atomic E-state index is 1.36. The van der Waals surface area contributed by atoms with Crippen LogP contribution in [0, 0.1) is 0 Å². The molecule has 0 nitrogen and oxygen atoms in total. The average molecular weight is 126 g/mol. The Morgan fingerprint density at radius 3 is 1.00 bits per heavy atom. The minimum Gasteiger partial charge on any atom is -0.258 e. The molecule has 0 radical (unpaired) electrons. The van der Waals surface area contributed by atoms with Crippen LogP contribution in [0.3, 0.4) is 0 Å². The maximum atomic E-state index is 4.41. The molecule has 0 bridgehead atoms. The predicted molar refractivity (Wildman–Crippen MR) is 41.7 cm³/mol. The Balaban J connectivity index is 3.73. The molecule has 0 aliphatic heterocycles. The molecule has 0 amide bonds. The van der Waals surface area contributed by atoms with Crippen molar-refractivity contribution in [3.63, 3.8) is 0 Å². The fraction of sp³-hybridized carbons (Fsp3) is 1.00. The molecule has 0 unspecified atom stereocenters. The Morgan fingerprint density at radius 2 is 1.00 bits per heavy atom. The molecule has 0 saturated carbocycles. The molecule has 0 spiro atoms. The molecule has 2 heteroatoms. The van der Waals surface area contributed by atoms with Crippen molar-refractivity contribution in [2.45, 2.75) is 0 Å². The van der Waals surface area contributed by atoms with Gasteiger partial charge in [0.1, 0.15) is 0 Å². The number of rotatable bonds is 0. The first-order valence-corrected chi connectivity index (χ1v) is 7.17. The minimum atomic E-state index is -1.36. The van der Waals surface area contributed by atoms with Gasteiger partial charge in [-0.05, 0) is 25.0 Å². The van der Waals surface area contributed by atoms with Crippen molar-refractivity contribution in [3.8, 4) is 0 Å². The van der Waals surface area contributed by atoms with E-state index < -0.39 is 8.19 Å². The smallest absolute Gasteiger partial charge is 0.0412 e. The first-order valence-electron chi connectivity index (χ1n) is 1.99. The van der Waals surface area contributed by atoms with Crippen LogP contribution in [0.15, 0.2) is 0 Å². The van der Waals surface area contributed by atoms with Crippen LogP contribution in [0.4, 0.5) is 0 Å². The Morgan fingerprint density at radius 1 is 1.00 bits per heavy atom. The third-order valence-electron chi connectivity index (χ3n) is 0. The van der Waals surface area contributed by atoms with Gasteiger partial charge in [-0.3, -0.25) is 8.19 Å². The largest absolute Gasteiger partial charge is 0.258 e. The van der Waals surface area contributed by atoms with Crippen LogP contribution >= 0.6 is 19.9 Å². The summed E-state index contributed by atoms with van der Waals surface area (Å²) in [6.07, 6.45) is 8.81. The van der Waals surface area contributed by atoms with Gasteiger partial charge in [0.15, 0.2) is 0 Å². The quantitative estimate of drug-likeness (QED) is 0.356. The second-order valence-electron chi connectivity index (χ2n) is 3.48. The molecule has 0 aliphatic carbocycles. The highest BCUT2D eigenvalue weighted by atomic mass is 33.2. The van der Waals surface area contributed by atoms with E-state index in [1.807, 2.05) is 0 Å². The molecule has 6 heavy (non-hydrogen) atoms. The van der Waals surface area contributed by atoms with Crippen molar-refractivity contribution >= 4 is 19.9 Å². The van der Waals surface area contributed by atoms with E-state index in [0.717, 1.165) is 0 Å². The van der Waals surface area contributed by atoms with Gasteiger partial charge in [0.25, 0.3) is 0 Å². The first kappa shape index (κ1) is 6.70. The summed E-state index contributed by atoms with van der Waals surface area (Å²) < 4.78 is 0. The van der Waals surface area contributed by atoms with Crippen molar-refractivity contribution in [3.05, 3.63) is 0 Å². The van der Waals surface area contributed by atoms with E-state index in [9.17, 15) is 0 Å². The second kappa shape index (κ2) is 1.10. The van der Waals surface area contributed by atoms with Gasteiger partial charge in [0, 0.05) is 0 Å². The van der Waals surface area contributed by atoms with Gasteiger partial charge in [-0.2, -0.15) is 0 Å². The molecule has 42 valence electrons. The molecular weight excluding hydrogens is 112 g/mol. The zero-order valence-electron chi connectivity index (χ0n) is 4.89. The van der Waals surface area contributed by atoms with Gasteiger partial charge >= 0.3 is 0 Å². The molecule has 0 fully saturated rings. The monoisotopic (exact) mass is 126 g/mol. The summed E-state index contributed by atoms with van der Waals surface area (Å²) in [5, 5.41) is 0. The molecular formula is C4H14S2. The lowest BCUT2D eigenvalue weighted by atomic mass is 11.8. The molecule has 0 atom stereocenters. The Kier molecular flexibility index (Phi) is 1.23. The summed E-state index contributed by atoms with van der Waals surface area (Å²) >= 11 is 4.41. The molecule has 0 aromatic carbocycles. The van der Waals surface area contributed by atoms with Crippen LogP contribution in [0.1, 0.15) is 0 Å². The molecule has 0 aliphatic rings. The van der Waals surface area contributed by atoms with Crippen LogP contribution in [0.2, 0.25) is 0 Å². The van der Waals surface area contributed by atoms with Crippen molar-refractivity contribution in [1.82, 2.24) is 0 Å².